The minimum Gasteiger partial charge on any atom is -0.218 e. The van der Waals surface area contributed by atoms with Crippen LogP contribution >= 0.6 is 0 Å². The Morgan fingerprint density at radius 2 is 1.00 bits per heavy atom. The highest BCUT2D eigenvalue weighted by molar-refractivity contribution is 5.74. The molecule has 159 valence electrons. The van der Waals surface area contributed by atoms with E-state index in [4.69, 9.17) is 0 Å². The Hall–Kier alpha value is -2.40. The van der Waals surface area contributed by atoms with Gasteiger partial charge in [0.1, 0.15) is 0 Å². The normalized spacial score (nSPS) is 13.2. The van der Waals surface area contributed by atoms with Gasteiger partial charge in [0, 0.05) is 5.56 Å². The quantitative estimate of drug-likeness (QED) is 0.276. The molecule has 12 heteroatoms. The molecule has 2 aromatic carbocycles. The van der Waals surface area contributed by atoms with Gasteiger partial charge in [-0.05, 0) is 36.6 Å². The summed E-state index contributed by atoms with van der Waals surface area (Å²) in [5.74, 6) is -13.4. The highest BCUT2D eigenvalue weighted by Crippen LogP contribution is 2.56. The minimum absolute atomic E-state index is 0.0681. The average Bonchev–Trinajstić information content (AvgIpc) is 2.57. The zero-order valence-electron chi connectivity index (χ0n) is 14.1. The molecule has 0 amide bonds. The van der Waals surface area contributed by atoms with Gasteiger partial charge >= 0.3 is 18.0 Å². The van der Waals surface area contributed by atoms with Crippen molar-refractivity contribution in [2.45, 2.75) is 31.9 Å². The van der Waals surface area contributed by atoms with Gasteiger partial charge in [-0.3, -0.25) is 0 Å². The van der Waals surface area contributed by atoms with Gasteiger partial charge in [0.05, 0.1) is 5.56 Å². The number of hydrogen-bond acceptors (Lipinski definition) is 0. The number of benzene rings is 2. The standard InChI is InChI=1S/C17H7F12/c1-5-3-6(2)8(9-10(18)12(20)14(22)13(21)11(9)19)7(4-5)15(23,16(24,25)26)17(27,28)29/h4H,1-2H3. The second kappa shape index (κ2) is 6.84. The van der Waals surface area contributed by atoms with Crippen molar-refractivity contribution >= 4 is 0 Å². The summed E-state index contributed by atoms with van der Waals surface area (Å²) in [6.07, 6.45) is -13.4. The zero-order valence-corrected chi connectivity index (χ0v) is 14.1. The summed E-state index contributed by atoms with van der Waals surface area (Å²) < 4.78 is 162. The van der Waals surface area contributed by atoms with Crippen molar-refractivity contribution in [2.24, 2.45) is 0 Å². The van der Waals surface area contributed by atoms with Crippen molar-refractivity contribution in [2.75, 3.05) is 0 Å². The molecule has 0 heterocycles. The zero-order chi connectivity index (χ0) is 22.7. The third kappa shape index (κ3) is 3.31. The third-order valence-electron chi connectivity index (χ3n) is 4.00. The van der Waals surface area contributed by atoms with E-state index in [1.165, 1.54) is 0 Å². The fourth-order valence-corrected chi connectivity index (χ4v) is 2.77. The van der Waals surface area contributed by atoms with E-state index in [-0.39, 0.29) is 6.07 Å². The Morgan fingerprint density at radius 1 is 0.621 bits per heavy atom. The molecule has 0 fully saturated rings. The Balaban J connectivity index is 3.15. The third-order valence-corrected chi connectivity index (χ3v) is 4.00. The molecule has 0 unspecified atom stereocenters. The highest BCUT2D eigenvalue weighted by Gasteiger charge is 2.74. The Kier molecular flexibility index (Phi) is 5.40. The van der Waals surface area contributed by atoms with Crippen LogP contribution in [0.3, 0.4) is 0 Å². The van der Waals surface area contributed by atoms with Crippen LogP contribution in [0, 0.1) is 49.0 Å². The van der Waals surface area contributed by atoms with Crippen LogP contribution in [0.4, 0.5) is 52.7 Å². The van der Waals surface area contributed by atoms with Crippen LogP contribution in [0.1, 0.15) is 16.7 Å². The highest BCUT2D eigenvalue weighted by atomic mass is 19.4. The van der Waals surface area contributed by atoms with Crippen molar-refractivity contribution in [1.29, 1.82) is 0 Å². The summed E-state index contributed by atoms with van der Waals surface area (Å²) in [4.78, 5) is 0. The van der Waals surface area contributed by atoms with Gasteiger partial charge in [0.15, 0.2) is 23.3 Å². The van der Waals surface area contributed by atoms with Crippen LogP contribution in [-0.2, 0) is 5.67 Å². The fourth-order valence-electron chi connectivity index (χ4n) is 2.77. The van der Waals surface area contributed by atoms with E-state index in [1.807, 2.05) is 0 Å². The van der Waals surface area contributed by atoms with Crippen LogP contribution in [0.5, 0.6) is 0 Å². The van der Waals surface area contributed by atoms with Crippen LogP contribution in [-0.4, -0.2) is 12.4 Å². The topological polar surface area (TPSA) is 0 Å². The summed E-state index contributed by atoms with van der Waals surface area (Å²) in [5.41, 5.74) is -13.9. The number of rotatable bonds is 2. The number of hydrogen-bond donors (Lipinski definition) is 0. The molecule has 0 bridgehead atoms. The van der Waals surface area contributed by atoms with Gasteiger partial charge < -0.3 is 0 Å². The summed E-state index contributed by atoms with van der Waals surface area (Å²) in [5, 5.41) is 0. The molecule has 0 aliphatic rings. The van der Waals surface area contributed by atoms with Gasteiger partial charge in [-0.15, -0.1) is 0 Å². The molecule has 0 nitrogen and oxygen atoms in total. The van der Waals surface area contributed by atoms with Gasteiger partial charge in [-0.2, -0.15) is 26.3 Å². The van der Waals surface area contributed by atoms with Gasteiger partial charge in [0.2, 0.25) is 5.82 Å². The average molecular weight is 439 g/mol. The van der Waals surface area contributed by atoms with E-state index in [0.29, 0.717) is 6.92 Å². The Labute approximate surface area is 154 Å². The van der Waals surface area contributed by atoms with E-state index in [1.54, 1.807) is 0 Å². The van der Waals surface area contributed by atoms with Crippen molar-refractivity contribution < 1.29 is 52.7 Å². The first kappa shape index (κ1) is 22.9. The SMILES string of the molecule is Cc1[c]c(C)c(-c2c(F)c(F)c(F)c(F)c2F)c(C(F)(C(F)(F)F)C(F)(F)F)c1. The van der Waals surface area contributed by atoms with E-state index in [2.05, 4.69) is 6.07 Å². The van der Waals surface area contributed by atoms with E-state index in [9.17, 15) is 52.7 Å². The smallest absolute Gasteiger partial charge is 0.218 e. The second-order valence-corrected chi connectivity index (χ2v) is 5.96. The molecule has 0 spiro atoms. The molecule has 0 N–H and O–H groups in total. The Morgan fingerprint density at radius 3 is 1.38 bits per heavy atom. The maximum Gasteiger partial charge on any atom is 0.435 e. The molecule has 0 saturated carbocycles. The maximum atomic E-state index is 14.6. The Bertz CT molecular complexity index is 925. The molecule has 2 aromatic rings. The van der Waals surface area contributed by atoms with Crippen LogP contribution in [0.15, 0.2) is 6.07 Å². The molecule has 0 saturated heterocycles. The maximum absolute atomic E-state index is 14.6. The van der Waals surface area contributed by atoms with Crippen LogP contribution in [0.25, 0.3) is 11.1 Å². The van der Waals surface area contributed by atoms with Crippen LogP contribution < -0.4 is 0 Å². The summed E-state index contributed by atoms with van der Waals surface area (Å²) in [6.45, 7) is 1.57. The first-order valence-electron chi connectivity index (χ1n) is 7.35. The van der Waals surface area contributed by atoms with Crippen LogP contribution in [0.2, 0.25) is 0 Å². The number of halogens is 12. The van der Waals surface area contributed by atoms with Gasteiger partial charge in [0.25, 0.3) is 0 Å². The van der Waals surface area contributed by atoms with Gasteiger partial charge in [-0.25, -0.2) is 26.3 Å². The minimum atomic E-state index is -6.69. The second-order valence-electron chi connectivity index (χ2n) is 5.96. The summed E-state index contributed by atoms with van der Waals surface area (Å²) in [6, 6.07) is 2.02. The lowest BCUT2D eigenvalue weighted by Crippen LogP contribution is -2.50. The number of alkyl halides is 7. The summed E-state index contributed by atoms with van der Waals surface area (Å²) >= 11 is 0. The van der Waals surface area contributed by atoms with Crippen molar-refractivity contribution in [3.8, 4) is 11.1 Å². The molecule has 0 aliphatic heterocycles. The molecule has 0 aliphatic carbocycles. The van der Waals surface area contributed by atoms with Gasteiger partial charge in [-0.1, -0.05) is 6.07 Å². The molecule has 0 atom stereocenters. The van der Waals surface area contributed by atoms with Crippen molar-refractivity contribution in [3.05, 3.63) is 57.9 Å². The molecule has 29 heavy (non-hydrogen) atoms. The van der Waals surface area contributed by atoms with Crippen molar-refractivity contribution in [1.82, 2.24) is 0 Å². The molecular formula is C17H7F12. The first-order valence-corrected chi connectivity index (χ1v) is 7.35. The molecule has 2 rings (SSSR count). The fraction of sp³-hybridized carbons (Fsp3) is 0.294. The lowest BCUT2D eigenvalue weighted by atomic mass is 9.83. The van der Waals surface area contributed by atoms with E-state index < -0.39 is 74.9 Å². The summed E-state index contributed by atoms with van der Waals surface area (Å²) in [7, 11) is 0. The molecule has 1 radical (unpaired) electrons. The lowest BCUT2D eigenvalue weighted by Gasteiger charge is -2.33. The number of aryl methyl sites for hydroxylation is 2. The van der Waals surface area contributed by atoms with Crippen molar-refractivity contribution in [3.63, 3.8) is 0 Å². The van der Waals surface area contributed by atoms with E-state index >= 15 is 0 Å². The first-order chi connectivity index (χ1) is 13.0. The predicted molar refractivity (Wildman–Crippen MR) is 74.9 cm³/mol. The van der Waals surface area contributed by atoms with E-state index in [0.717, 1.165) is 6.92 Å². The lowest BCUT2D eigenvalue weighted by molar-refractivity contribution is -0.348. The predicted octanol–water partition coefficient (Wildman–Crippen LogP) is 6.76. The monoisotopic (exact) mass is 439 g/mol. The largest absolute Gasteiger partial charge is 0.435 e. The molecular weight excluding hydrogens is 432 g/mol. The molecule has 0 aromatic heterocycles.